The number of amides is 2. The van der Waals surface area contributed by atoms with Crippen molar-refractivity contribution >= 4 is 41.1 Å². The lowest BCUT2D eigenvalue weighted by Crippen LogP contribution is -2.67. The number of rotatable bonds is 17. The minimum atomic E-state index is -1.99. The summed E-state index contributed by atoms with van der Waals surface area (Å²) in [4.78, 5) is 34.7. The van der Waals surface area contributed by atoms with E-state index in [2.05, 4.69) is 16.6 Å². The topological polar surface area (TPSA) is 195 Å². The molecule has 0 aromatic heterocycles. The van der Waals surface area contributed by atoms with Crippen LogP contribution >= 0.6 is 23.4 Å². The maximum Gasteiger partial charge on any atom is 0.346 e. The number of hydrogen-bond acceptors (Lipinski definition) is 10. The average molecular weight is 617 g/mol. The van der Waals surface area contributed by atoms with Crippen LogP contribution in [0.5, 0.6) is 0 Å². The molecule has 0 radical (unpaired) electrons. The number of carbonyl (C=O) groups is 3. The van der Waals surface area contributed by atoms with Gasteiger partial charge in [-0.15, -0.1) is 18.2 Å². The first-order chi connectivity index (χ1) is 19.5. The van der Waals surface area contributed by atoms with E-state index >= 15 is 0 Å². The van der Waals surface area contributed by atoms with Gasteiger partial charge in [0, 0.05) is 30.2 Å². The molecular formula is C27H37ClN2O10S. The van der Waals surface area contributed by atoms with Gasteiger partial charge >= 0.3 is 5.97 Å². The Hall–Kier alpha value is -2.41. The molecule has 1 saturated heterocycles. The van der Waals surface area contributed by atoms with Crippen molar-refractivity contribution in [2.45, 2.75) is 67.5 Å². The van der Waals surface area contributed by atoms with Gasteiger partial charge in [0.25, 0.3) is 5.91 Å². The summed E-state index contributed by atoms with van der Waals surface area (Å²) >= 11 is 6.76. The van der Waals surface area contributed by atoms with Gasteiger partial charge in [-0.25, -0.2) is 4.79 Å². The molecule has 228 valence electrons. The molecular weight excluding hydrogens is 580 g/mol. The van der Waals surface area contributed by atoms with Crippen LogP contribution in [0.25, 0.3) is 0 Å². The number of carboxylic acid groups (broad SMARTS) is 1. The van der Waals surface area contributed by atoms with E-state index in [9.17, 15) is 39.9 Å². The van der Waals surface area contributed by atoms with Crippen LogP contribution in [0.2, 0.25) is 5.02 Å². The van der Waals surface area contributed by atoms with Crippen LogP contribution in [0.15, 0.2) is 24.3 Å². The molecule has 0 aliphatic carbocycles. The third-order valence-corrected chi connectivity index (χ3v) is 8.03. The van der Waals surface area contributed by atoms with Crippen molar-refractivity contribution in [3.05, 3.63) is 34.9 Å². The van der Waals surface area contributed by atoms with Gasteiger partial charge in [-0.1, -0.05) is 30.4 Å². The van der Waals surface area contributed by atoms with Gasteiger partial charge in [-0.05, 0) is 42.9 Å². The van der Waals surface area contributed by atoms with Crippen LogP contribution in [-0.4, -0.2) is 111 Å². The lowest BCUT2D eigenvalue weighted by atomic mass is 9.89. The molecule has 1 fully saturated rings. The van der Waals surface area contributed by atoms with Crippen LogP contribution in [0.1, 0.15) is 42.5 Å². The molecule has 0 unspecified atom stereocenters. The number of thioether (sulfide) groups is 1. The molecule has 41 heavy (non-hydrogen) atoms. The summed E-state index contributed by atoms with van der Waals surface area (Å²) in [5, 5.41) is 57.0. The Bertz CT molecular complexity index is 1040. The van der Waals surface area contributed by atoms with Gasteiger partial charge in [0.2, 0.25) is 10.8 Å². The Kier molecular flexibility index (Phi) is 14.9. The summed E-state index contributed by atoms with van der Waals surface area (Å²) in [5.41, 5.74) is 0.245. The quantitative estimate of drug-likeness (QED) is 0.0929. The summed E-state index contributed by atoms with van der Waals surface area (Å²) in [7, 11) is 0. The molecule has 0 saturated carbocycles. The van der Waals surface area contributed by atoms with Crippen molar-refractivity contribution in [3.63, 3.8) is 0 Å². The summed E-state index contributed by atoms with van der Waals surface area (Å²) in [6.07, 6.45) is 1.09. The monoisotopic (exact) mass is 616 g/mol. The summed E-state index contributed by atoms with van der Waals surface area (Å²) in [6.45, 7) is -0.628. The maximum atomic E-state index is 12.4. The molecule has 1 heterocycles. The molecule has 0 bridgehead atoms. The number of unbranched alkanes of at least 4 members (excludes halogenated alkanes) is 3. The molecule has 1 aromatic carbocycles. The Morgan fingerprint density at radius 1 is 1.20 bits per heavy atom. The Morgan fingerprint density at radius 2 is 1.88 bits per heavy atom. The van der Waals surface area contributed by atoms with E-state index in [1.54, 1.807) is 0 Å². The van der Waals surface area contributed by atoms with Crippen LogP contribution in [0, 0.1) is 12.3 Å². The van der Waals surface area contributed by atoms with Crippen molar-refractivity contribution in [1.82, 2.24) is 10.6 Å². The van der Waals surface area contributed by atoms with Crippen LogP contribution in [-0.2, 0) is 19.1 Å². The summed E-state index contributed by atoms with van der Waals surface area (Å²) < 4.78 is 11.1. The molecule has 14 heteroatoms. The number of hydrogen-bond donors (Lipinski definition) is 7. The van der Waals surface area contributed by atoms with E-state index in [1.807, 2.05) is 0 Å². The normalized spacial score (nSPS) is 23.7. The molecule has 12 nitrogen and oxygen atoms in total. The number of halogens is 1. The van der Waals surface area contributed by atoms with Gasteiger partial charge in [0.1, 0.15) is 25.4 Å². The third kappa shape index (κ3) is 10.7. The molecule has 2 amide bonds. The molecule has 0 spiro atoms. The van der Waals surface area contributed by atoms with Crippen molar-refractivity contribution in [1.29, 1.82) is 0 Å². The largest absolute Gasteiger partial charge is 0.478 e. The van der Waals surface area contributed by atoms with Crippen LogP contribution in [0.4, 0.5) is 0 Å². The van der Waals surface area contributed by atoms with Gasteiger partial charge in [-0.3, -0.25) is 9.59 Å². The van der Waals surface area contributed by atoms with Crippen molar-refractivity contribution in [2.75, 3.05) is 32.1 Å². The lowest BCUT2D eigenvalue weighted by molar-refractivity contribution is -0.203. The number of nitrogens with one attached hydrogen (secondary N) is 2. The SMILES string of the molecule is C#CCOCCCCCCS[C@]1(C(=O)O)C[C@H](O)[C@@H](NC(=O)CO)[C@H]([C@H](O)[C@H](O)CNC(=O)c2ccc(Cl)cc2)O1. The van der Waals surface area contributed by atoms with Gasteiger partial charge in [0.15, 0.2) is 0 Å². The fraction of sp³-hybridized carbons (Fsp3) is 0.593. The number of ether oxygens (including phenoxy) is 2. The summed E-state index contributed by atoms with van der Waals surface area (Å²) in [5.74, 6) is -0.144. The number of aliphatic carboxylic acids is 1. The number of aliphatic hydroxyl groups excluding tert-OH is 4. The van der Waals surface area contributed by atoms with Crippen LogP contribution in [0.3, 0.4) is 0 Å². The van der Waals surface area contributed by atoms with E-state index in [-0.39, 0.29) is 12.2 Å². The third-order valence-electron chi connectivity index (χ3n) is 6.38. The standard InChI is InChI=1S/C27H37ClN2O10S/c1-2-11-39-12-5-3-4-6-13-41-27(26(37)38)14-19(32)22(30-21(34)16-31)24(40-27)23(35)20(33)15-29-25(36)17-7-9-18(28)10-8-17/h1,7-10,19-20,22-24,31-33,35H,3-6,11-16H2,(H,29,36)(H,30,34)(H,37,38)/t19-,20+,22+,23+,24+,27-/m0/s1. The van der Waals surface area contributed by atoms with Crippen LogP contribution < -0.4 is 10.6 Å². The van der Waals surface area contributed by atoms with E-state index in [1.165, 1.54) is 24.3 Å². The highest BCUT2D eigenvalue weighted by Crippen LogP contribution is 2.41. The zero-order valence-corrected chi connectivity index (χ0v) is 24.0. The first-order valence-electron chi connectivity index (χ1n) is 13.1. The molecule has 1 aliphatic heterocycles. The highest BCUT2D eigenvalue weighted by Gasteiger charge is 2.55. The fourth-order valence-corrected chi connectivity index (χ4v) is 5.61. The fourth-order valence-electron chi connectivity index (χ4n) is 4.22. The lowest BCUT2D eigenvalue weighted by Gasteiger charge is -2.46. The maximum absolute atomic E-state index is 12.4. The predicted molar refractivity (Wildman–Crippen MR) is 151 cm³/mol. The number of benzene rings is 1. The van der Waals surface area contributed by atoms with Crippen molar-refractivity contribution < 1.29 is 49.4 Å². The van der Waals surface area contributed by atoms with Gasteiger partial charge < -0.3 is 45.6 Å². The Labute approximate surface area is 247 Å². The average Bonchev–Trinajstić information content (AvgIpc) is 2.95. The number of carbonyl (C=O) groups excluding carboxylic acids is 2. The zero-order chi connectivity index (χ0) is 30.4. The van der Waals surface area contributed by atoms with Crippen molar-refractivity contribution in [3.8, 4) is 12.3 Å². The molecule has 1 aliphatic rings. The smallest absolute Gasteiger partial charge is 0.346 e. The highest BCUT2D eigenvalue weighted by atomic mass is 35.5. The second kappa shape index (κ2) is 17.5. The minimum absolute atomic E-state index is 0.243. The predicted octanol–water partition coefficient (Wildman–Crippen LogP) is 0.143. The Morgan fingerprint density at radius 3 is 2.51 bits per heavy atom. The van der Waals surface area contributed by atoms with E-state index in [0.717, 1.165) is 31.0 Å². The molecule has 1 aromatic rings. The van der Waals surface area contributed by atoms with E-state index < -0.39 is 72.7 Å². The molecule has 2 rings (SSSR count). The summed E-state index contributed by atoms with van der Waals surface area (Å²) in [6, 6.07) is 4.58. The molecule has 6 atom stereocenters. The Balaban J connectivity index is 2.08. The van der Waals surface area contributed by atoms with E-state index in [0.29, 0.717) is 23.8 Å². The first kappa shape index (κ1) is 34.8. The number of terminal acetylenes is 1. The van der Waals surface area contributed by atoms with Gasteiger partial charge in [-0.2, -0.15) is 0 Å². The first-order valence-corrected chi connectivity index (χ1v) is 14.5. The van der Waals surface area contributed by atoms with Gasteiger partial charge in [0.05, 0.1) is 18.2 Å². The number of aliphatic hydroxyl groups is 4. The minimum Gasteiger partial charge on any atom is -0.478 e. The molecule has 7 N–H and O–H groups in total. The van der Waals surface area contributed by atoms with E-state index in [4.69, 9.17) is 27.5 Å². The van der Waals surface area contributed by atoms with Crippen molar-refractivity contribution in [2.24, 2.45) is 0 Å². The zero-order valence-electron chi connectivity index (χ0n) is 22.4. The highest BCUT2D eigenvalue weighted by molar-refractivity contribution is 8.01. The second-order valence-electron chi connectivity index (χ2n) is 9.46. The number of carboxylic acids is 1. The second-order valence-corrected chi connectivity index (χ2v) is 11.3.